The van der Waals surface area contributed by atoms with Crippen LogP contribution in [0.2, 0.25) is 0 Å². The first kappa shape index (κ1) is 16.1. The molecule has 1 fully saturated rings. The Kier molecular flexibility index (Phi) is 6.61. The topological polar surface area (TPSA) is 0 Å². The first-order valence-electron chi connectivity index (χ1n) is 8.52. The van der Waals surface area contributed by atoms with Gasteiger partial charge < -0.3 is 0 Å². The zero-order chi connectivity index (χ0) is 14.4. The summed E-state index contributed by atoms with van der Waals surface area (Å²) in [6.45, 7) is 4.53. The summed E-state index contributed by atoms with van der Waals surface area (Å²) in [5.41, 5.74) is 4.58. The van der Waals surface area contributed by atoms with Crippen LogP contribution in [0.5, 0.6) is 0 Å². The number of alkyl halides is 1. The number of aryl methyl sites for hydroxylation is 2. The molecule has 1 heteroatoms. The smallest absolute Gasteiger partial charge is 0.0426 e. The fraction of sp³-hybridized carbons (Fsp3) is 0.684. The van der Waals surface area contributed by atoms with Gasteiger partial charge in [0.05, 0.1) is 0 Å². The molecule has 0 heterocycles. The lowest BCUT2D eigenvalue weighted by Crippen LogP contribution is -2.12. The molecule has 0 aromatic heterocycles. The van der Waals surface area contributed by atoms with E-state index in [0.717, 1.165) is 18.8 Å². The molecular weight excluding hydrogens is 308 g/mol. The predicted molar refractivity (Wildman–Crippen MR) is 92.7 cm³/mol. The van der Waals surface area contributed by atoms with Gasteiger partial charge in [0, 0.05) is 4.83 Å². The molecular formula is C19H29Br. The van der Waals surface area contributed by atoms with E-state index < -0.39 is 0 Å². The molecule has 0 N–H and O–H groups in total. The van der Waals surface area contributed by atoms with Crippen LogP contribution in [0.3, 0.4) is 0 Å². The van der Waals surface area contributed by atoms with Gasteiger partial charge in [0.15, 0.2) is 0 Å². The van der Waals surface area contributed by atoms with E-state index in [4.69, 9.17) is 0 Å². The summed E-state index contributed by atoms with van der Waals surface area (Å²) in [5.74, 6) is 0.827. The van der Waals surface area contributed by atoms with Gasteiger partial charge in [-0.2, -0.15) is 0 Å². The minimum atomic E-state index is 0.557. The van der Waals surface area contributed by atoms with Crippen molar-refractivity contribution in [2.24, 2.45) is 5.92 Å². The summed E-state index contributed by atoms with van der Waals surface area (Å²) in [6, 6.07) is 7.11. The maximum absolute atomic E-state index is 4.06. The van der Waals surface area contributed by atoms with Crippen molar-refractivity contribution in [1.82, 2.24) is 0 Å². The van der Waals surface area contributed by atoms with Crippen molar-refractivity contribution >= 4 is 15.9 Å². The maximum Gasteiger partial charge on any atom is 0.0426 e. The van der Waals surface area contributed by atoms with Gasteiger partial charge in [-0.05, 0) is 48.3 Å². The van der Waals surface area contributed by atoms with Crippen LogP contribution in [0.25, 0.3) is 0 Å². The molecule has 0 amide bonds. The maximum atomic E-state index is 4.06. The standard InChI is InChI=1S/C19H29Br/c1-3-15-12-13-16(4-2)18(14-15)19(20)17-10-8-6-5-7-9-11-17/h12-14,17,19H,3-11H2,1-2H3. The Bertz CT molecular complexity index is 402. The van der Waals surface area contributed by atoms with Crippen molar-refractivity contribution in [2.75, 3.05) is 0 Å². The molecule has 1 saturated carbocycles. The normalized spacial score (nSPS) is 19.4. The van der Waals surface area contributed by atoms with Crippen molar-refractivity contribution in [3.05, 3.63) is 34.9 Å². The number of halogens is 1. The molecule has 0 nitrogen and oxygen atoms in total. The Balaban J connectivity index is 2.18. The number of benzene rings is 1. The van der Waals surface area contributed by atoms with Crippen LogP contribution in [0.4, 0.5) is 0 Å². The van der Waals surface area contributed by atoms with Crippen LogP contribution in [0, 0.1) is 5.92 Å². The summed E-state index contributed by atoms with van der Waals surface area (Å²) in [7, 11) is 0. The summed E-state index contributed by atoms with van der Waals surface area (Å²) in [6.07, 6.45) is 12.2. The van der Waals surface area contributed by atoms with Gasteiger partial charge in [-0.1, -0.05) is 80.1 Å². The van der Waals surface area contributed by atoms with E-state index in [1.807, 2.05) is 0 Å². The van der Waals surface area contributed by atoms with E-state index in [-0.39, 0.29) is 0 Å². The van der Waals surface area contributed by atoms with Gasteiger partial charge in [-0.3, -0.25) is 0 Å². The largest absolute Gasteiger partial charge is 0.0836 e. The fourth-order valence-electron chi connectivity index (χ4n) is 3.48. The molecule has 1 aromatic carbocycles. The first-order valence-corrected chi connectivity index (χ1v) is 9.43. The van der Waals surface area contributed by atoms with E-state index in [1.54, 1.807) is 5.56 Å². The van der Waals surface area contributed by atoms with Gasteiger partial charge in [0.1, 0.15) is 0 Å². The molecule has 0 spiro atoms. The third-order valence-corrected chi connectivity index (χ3v) is 6.10. The average molecular weight is 337 g/mol. The highest BCUT2D eigenvalue weighted by Gasteiger charge is 2.23. The Morgan fingerprint density at radius 2 is 1.65 bits per heavy atom. The molecule has 20 heavy (non-hydrogen) atoms. The van der Waals surface area contributed by atoms with Crippen LogP contribution in [0.15, 0.2) is 18.2 Å². The highest BCUT2D eigenvalue weighted by Crippen LogP contribution is 2.40. The lowest BCUT2D eigenvalue weighted by atomic mass is 9.84. The number of hydrogen-bond donors (Lipinski definition) is 0. The Hall–Kier alpha value is -0.300. The molecule has 1 atom stereocenters. The monoisotopic (exact) mass is 336 g/mol. The predicted octanol–water partition coefficient (Wildman–Crippen LogP) is 6.61. The molecule has 1 aromatic rings. The zero-order valence-electron chi connectivity index (χ0n) is 13.1. The van der Waals surface area contributed by atoms with E-state index in [9.17, 15) is 0 Å². The van der Waals surface area contributed by atoms with Crippen molar-refractivity contribution in [3.8, 4) is 0 Å². The van der Waals surface area contributed by atoms with Gasteiger partial charge >= 0.3 is 0 Å². The quantitative estimate of drug-likeness (QED) is 0.542. The first-order chi connectivity index (χ1) is 9.76. The number of rotatable bonds is 4. The summed E-state index contributed by atoms with van der Waals surface area (Å²) in [5, 5.41) is 0. The third kappa shape index (κ3) is 4.10. The lowest BCUT2D eigenvalue weighted by molar-refractivity contribution is 0.374. The molecule has 1 aliphatic carbocycles. The molecule has 0 saturated heterocycles. The third-order valence-electron chi connectivity index (χ3n) is 4.86. The van der Waals surface area contributed by atoms with Crippen LogP contribution in [-0.4, -0.2) is 0 Å². The van der Waals surface area contributed by atoms with E-state index in [1.165, 1.54) is 56.1 Å². The second-order valence-corrected chi connectivity index (χ2v) is 7.23. The van der Waals surface area contributed by atoms with Crippen LogP contribution in [0.1, 0.15) is 80.3 Å². The van der Waals surface area contributed by atoms with Crippen LogP contribution >= 0.6 is 15.9 Å². The van der Waals surface area contributed by atoms with Crippen molar-refractivity contribution in [2.45, 2.75) is 76.5 Å². The highest BCUT2D eigenvalue weighted by molar-refractivity contribution is 9.09. The Morgan fingerprint density at radius 1 is 1.00 bits per heavy atom. The van der Waals surface area contributed by atoms with Crippen molar-refractivity contribution < 1.29 is 0 Å². The summed E-state index contributed by atoms with van der Waals surface area (Å²) >= 11 is 4.06. The molecule has 112 valence electrons. The van der Waals surface area contributed by atoms with Gasteiger partial charge in [0.25, 0.3) is 0 Å². The number of hydrogen-bond acceptors (Lipinski definition) is 0. The zero-order valence-corrected chi connectivity index (χ0v) is 14.7. The average Bonchev–Trinajstić information content (AvgIpc) is 2.45. The van der Waals surface area contributed by atoms with Gasteiger partial charge in [0.2, 0.25) is 0 Å². The SMILES string of the molecule is CCc1ccc(CC)c(C(Br)C2CCCCCCC2)c1. The minimum absolute atomic E-state index is 0.557. The fourth-order valence-corrected chi connectivity index (χ4v) is 4.43. The lowest BCUT2D eigenvalue weighted by Gasteiger charge is -2.27. The van der Waals surface area contributed by atoms with E-state index in [0.29, 0.717) is 4.83 Å². The summed E-state index contributed by atoms with van der Waals surface area (Å²) in [4.78, 5) is 0.557. The Morgan fingerprint density at radius 3 is 2.25 bits per heavy atom. The molecule has 1 unspecified atom stereocenters. The van der Waals surface area contributed by atoms with Gasteiger partial charge in [-0.25, -0.2) is 0 Å². The van der Waals surface area contributed by atoms with E-state index >= 15 is 0 Å². The molecule has 2 rings (SSSR count). The molecule has 0 bridgehead atoms. The minimum Gasteiger partial charge on any atom is -0.0836 e. The van der Waals surface area contributed by atoms with Crippen molar-refractivity contribution in [1.29, 1.82) is 0 Å². The van der Waals surface area contributed by atoms with Crippen LogP contribution < -0.4 is 0 Å². The second kappa shape index (κ2) is 8.22. The Labute approximate surface area is 133 Å². The van der Waals surface area contributed by atoms with E-state index in [2.05, 4.69) is 48.0 Å². The highest BCUT2D eigenvalue weighted by atomic mass is 79.9. The van der Waals surface area contributed by atoms with Gasteiger partial charge in [-0.15, -0.1) is 0 Å². The van der Waals surface area contributed by atoms with Crippen molar-refractivity contribution in [3.63, 3.8) is 0 Å². The summed E-state index contributed by atoms with van der Waals surface area (Å²) < 4.78 is 0. The second-order valence-electron chi connectivity index (χ2n) is 6.25. The molecule has 0 aliphatic heterocycles. The van der Waals surface area contributed by atoms with Crippen LogP contribution in [-0.2, 0) is 12.8 Å². The molecule has 1 aliphatic rings. The molecule has 0 radical (unpaired) electrons.